The van der Waals surface area contributed by atoms with Crippen LogP contribution in [0, 0.1) is 12.8 Å². The Hall–Kier alpha value is -2.72. The zero-order valence-corrected chi connectivity index (χ0v) is 21.0. The van der Waals surface area contributed by atoms with Crippen molar-refractivity contribution in [1.29, 1.82) is 0 Å². The number of piperazine rings is 1. The molecule has 0 radical (unpaired) electrons. The minimum atomic E-state index is -0.233. The topological polar surface area (TPSA) is 103 Å². The molecule has 2 aromatic heterocycles. The van der Waals surface area contributed by atoms with Gasteiger partial charge in [0, 0.05) is 70.1 Å². The van der Waals surface area contributed by atoms with Gasteiger partial charge < -0.3 is 24.8 Å². The van der Waals surface area contributed by atoms with E-state index in [1.807, 2.05) is 24.0 Å². The van der Waals surface area contributed by atoms with Crippen LogP contribution >= 0.6 is 0 Å². The molecule has 0 aliphatic carbocycles. The van der Waals surface area contributed by atoms with Gasteiger partial charge in [-0.15, -0.1) is 0 Å². The second kappa shape index (κ2) is 10.9. The highest BCUT2D eigenvalue weighted by molar-refractivity contribution is 5.81. The third-order valence-corrected chi connectivity index (χ3v) is 7.40. The largest absolute Gasteiger partial charge is 0.368 e. The number of anilines is 3. The third kappa shape index (κ3) is 6.10. The van der Waals surface area contributed by atoms with Gasteiger partial charge in [-0.25, -0.2) is 9.97 Å². The van der Waals surface area contributed by atoms with Gasteiger partial charge in [0.1, 0.15) is 23.6 Å². The lowest BCUT2D eigenvalue weighted by Crippen LogP contribution is -2.46. The SMILES string of the molecule is Cc1cc(Nc2cc(N3CCN(C)CC3)nc(CC3CCN(C(=O)[C@H]4CCCCO4)CC3)n2)n[nH]1. The molecule has 35 heavy (non-hydrogen) atoms. The third-order valence-electron chi connectivity index (χ3n) is 7.40. The number of aryl methyl sites for hydroxylation is 1. The summed E-state index contributed by atoms with van der Waals surface area (Å²) in [7, 11) is 2.16. The maximum atomic E-state index is 12.8. The van der Waals surface area contributed by atoms with E-state index in [0.717, 1.165) is 107 Å². The lowest BCUT2D eigenvalue weighted by atomic mass is 9.92. The summed E-state index contributed by atoms with van der Waals surface area (Å²) in [4.78, 5) is 29.4. The lowest BCUT2D eigenvalue weighted by molar-refractivity contribution is -0.147. The van der Waals surface area contributed by atoms with E-state index >= 15 is 0 Å². The second-order valence-electron chi connectivity index (χ2n) is 10.2. The molecule has 3 fully saturated rings. The number of hydrogen-bond donors (Lipinski definition) is 2. The summed E-state index contributed by atoms with van der Waals surface area (Å²) < 4.78 is 5.72. The summed E-state index contributed by atoms with van der Waals surface area (Å²) in [6, 6.07) is 4.00. The molecular formula is C25H38N8O2. The maximum Gasteiger partial charge on any atom is 0.251 e. The number of ether oxygens (including phenoxy) is 1. The number of likely N-dealkylation sites (tertiary alicyclic amines) is 1. The van der Waals surface area contributed by atoms with Crippen molar-refractivity contribution < 1.29 is 9.53 Å². The molecule has 5 heterocycles. The fourth-order valence-corrected chi connectivity index (χ4v) is 5.20. The molecule has 0 unspecified atom stereocenters. The first-order valence-electron chi connectivity index (χ1n) is 13.0. The molecule has 0 saturated carbocycles. The number of piperidine rings is 1. The van der Waals surface area contributed by atoms with Gasteiger partial charge >= 0.3 is 0 Å². The fourth-order valence-electron chi connectivity index (χ4n) is 5.20. The van der Waals surface area contributed by atoms with Crippen LogP contribution in [0.15, 0.2) is 12.1 Å². The van der Waals surface area contributed by atoms with Crippen molar-refractivity contribution in [3.05, 3.63) is 23.7 Å². The molecule has 10 nitrogen and oxygen atoms in total. The quantitative estimate of drug-likeness (QED) is 0.647. The Labute approximate surface area is 207 Å². The van der Waals surface area contributed by atoms with Gasteiger partial charge in [-0.05, 0) is 52.0 Å². The number of aromatic nitrogens is 4. The Kier molecular flexibility index (Phi) is 7.48. The lowest BCUT2D eigenvalue weighted by Gasteiger charge is -2.35. The standard InChI is InChI=1S/C25H38N8O2/c1-18-15-23(30-29-18)27-22-17-24(32-12-10-31(2)11-13-32)28-21(26-22)16-19-6-8-33(9-7-19)25(34)20-5-3-4-14-35-20/h15,17,19-20H,3-14,16H2,1-2H3,(H2,26,27,28,29,30)/t20-/m1/s1. The van der Waals surface area contributed by atoms with E-state index < -0.39 is 0 Å². The molecule has 10 heteroatoms. The molecule has 5 rings (SSSR count). The first kappa shape index (κ1) is 24.0. The van der Waals surface area contributed by atoms with Crippen LogP contribution in [0.25, 0.3) is 0 Å². The normalized spacial score (nSPS) is 22.4. The number of hydrogen-bond acceptors (Lipinski definition) is 8. The minimum absolute atomic E-state index is 0.178. The minimum Gasteiger partial charge on any atom is -0.368 e. The summed E-state index contributed by atoms with van der Waals surface area (Å²) in [5, 5.41) is 10.6. The first-order valence-corrected chi connectivity index (χ1v) is 13.0. The second-order valence-corrected chi connectivity index (χ2v) is 10.2. The van der Waals surface area contributed by atoms with Gasteiger partial charge in [-0.1, -0.05) is 0 Å². The Bertz CT molecular complexity index is 989. The molecule has 3 aliphatic heterocycles. The highest BCUT2D eigenvalue weighted by Crippen LogP contribution is 2.26. The van der Waals surface area contributed by atoms with E-state index in [1.54, 1.807) is 0 Å². The number of carbonyl (C=O) groups excluding carboxylic acids is 1. The van der Waals surface area contributed by atoms with Crippen molar-refractivity contribution in [3.63, 3.8) is 0 Å². The van der Waals surface area contributed by atoms with E-state index in [4.69, 9.17) is 14.7 Å². The molecule has 190 valence electrons. The smallest absolute Gasteiger partial charge is 0.251 e. The number of aromatic amines is 1. The molecule has 1 atom stereocenters. The predicted molar refractivity (Wildman–Crippen MR) is 135 cm³/mol. The molecule has 3 saturated heterocycles. The number of amides is 1. The van der Waals surface area contributed by atoms with Crippen LogP contribution in [0.4, 0.5) is 17.5 Å². The van der Waals surface area contributed by atoms with Crippen molar-refractivity contribution in [2.75, 3.05) is 63.1 Å². The van der Waals surface area contributed by atoms with Crippen LogP contribution in [0.5, 0.6) is 0 Å². The van der Waals surface area contributed by atoms with Gasteiger partial charge in [0.15, 0.2) is 5.82 Å². The number of likely N-dealkylation sites (N-methyl/N-ethyl adjacent to an activating group) is 1. The van der Waals surface area contributed by atoms with E-state index in [0.29, 0.717) is 12.5 Å². The molecule has 0 bridgehead atoms. The number of rotatable bonds is 6. The van der Waals surface area contributed by atoms with E-state index in [-0.39, 0.29) is 12.0 Å². The van der Waals surface area contributed by atoms with Crippen LogP contribution in [0.3, 0.4) is 0 Å². The fraction of sp³-hybridized carbons (Fsp3) is 0.680. The van der Waals surface area contributed by atoms with Crippen LogP contribution in [0.2, 0.25) is 0 Å². The van der Waals surface area contributed by atoms with Gasteiger partial charge in [-0.2, -0.15) is 5.10 Å². The van der Waals surface area contributed by atoms with Crippen molar-refractivity contribution in [1.82, 2.24) is 30.0 Å². The van der Waals surface area contributed by atoms with Crippen LogP contribution in [-0.2, 0) is 16.0 Å². The van der Waals surface area contributed by atoms with Crippen molar-refractivity contribution in [2.45, 2.75) is 51.6 Å². The Morgan fingerprint density at radius 1 is 1.06 bits per heavy atom. The van der Waals surface area contributed by atoms with Gasteiger partial charge in [0.05, 0.1) is 0 Å². The average molecular weight is 483 g/mol. The summed E-state index contributed by atoms with van der Waals surface area (Å²) in [5.41, 5.74) is 1.00. The highest BCUT2D eigenvalue weighted by atomic mass is 16.5. The number of H-pyrrole nitrogens is 1. The number of nitrogens with one attached hydrogen (secondary N) is 2. The molecule has 2 aromatic rings. The van der Waals surface area contributed by atoms with E-state index in [9.17, 15) is 4.79 Å². The van der Waals surface area contributed by atoms with Crippen LogP contribution in [-0.4, -0.2) is 94.9 Å². The molecular weight excluding hydrogens is 444 g/mol. The van der Waals surface area contributed by atoms with Gasteiger partial charge in [0.25, 0.3) is 5.91 Å². The summed E-state index contributed by atoms with van der Waals surface area (Å²) >= 11 is 0. The van der Waals surface area contributed by atoms with Crippen molar-refractivity contribution >= 4 is 23.4 Å². The van der Waals surface area contributed by atoms with Gasteiger partial charge in [-0.3, -0.25) is 9.89 Å². The van der Waals surface area contributed by atoms with Crippen molar-refractivity contribution in [3.8, 4) is 0 Å². The Morgan fingerprint density at radius 2 is 1.86 bits per heavy atom. The van der Waals surface area contributed by atoms with E-state index in [2.05, 4.69) is 32.4 Å². The average Bonchev–Trinajstić information content (AvgIpc) is 3.29. The zero-order chi connectivity index (χ0) is 24.2. The summed E-state index contributed by atoms with van der Waals surface area (Å²) in [5.74, 6) is 4.01. The van der Waals surface area contributed by atoms with Crippen molar-refractivity contribution in [2.24, 2.45) is 5.92 Å². The number of carbonyl (C=O) groups is 1. The molecule has 0 aromatic carbocycles. The molecule has 3 aliphatic rings. The number of nitrogens with zero attached hydrogens (tertiary/aromatic N) is 6. The van der Waals surface area contributed by atoms with Crippen LogP contribution < -0.4 is 10.2 Å². The Balaban J connectivity index is 1.25. The summed E-state index contributed by atoms with van der Waals surface area (Å²) in [6.07, 6.45) is 5.54. The Morgan fingerprint density at radius 3 is 2.54 bits per heavy atom. The van der Waals surface area contributed by atoms with Gasteiger partial charge in [0.2, 0.25) is 0 Å². The highest BCUT2D eigenvalue weighted by Gasteiger charge is 2.30. The van der Waals surface area contributed by atoms with Crippen LogP contribution in [0.1, 0.15) is 43.6 Å². The predicted octanol–water partition coefficient (Wildman–Crippen LogP) is 2.35. The summed E-state index contributed by atoms with van der Waals surface area (Å²) in [6.45, 7) is 8.24. The molecule has 2 N–H and O–H groups in total. The molecule has 0 spiro atoms. The first-order chi connectivity index (χ1) is 17.0. The maximum absolute atomic E-state index is 12.8. The monoisotopic (exact) mass is 482 g/mol. The van der Waals surface area contributed by atoms with E-state index in [1.165, 1.54) is 0 Å². The zero-order valence-electron chi connectivity index (χ0n) is 21.0. The molecule has 1 amide bonds.